The van der Waals surface area contributed by atoms with E-state index in [1.54, 1.807) is 0 Å². The minimum absolute atomic E-state index is 0.0384. The highest BCUT2D eigenvalue weighted by molar-refractivity contribution is 7.98. The van der Waals surface area contributed by atoms with Gasteiger partial charge < -0.3 is 38.2 Å². The highest BCUT2D eigenvalue weighted by Gasteiger charge is 2.35. The molecule has 2 aliphatic rings. The van der Waals surface area contributed by atoms with Gasteiger partial charge in [0.15, 0.2) is 34.1 Å². The predicted molar refractivity (Wildman–Crippen MR) is 395 cm³/mol. The Kier molecular flexibility index (Phi) is 11.4. The van der Waals surface area contributed by atoms with E-state index in [-0.39, 0.29) is 43.3 Å². The number of carbonyl (C=O) groups is 2. The molecule has 0 aliphatic carbocycles. The van der Waals surface area contributed by atoms with Crippen LogP contribution < -0.4 is 10.9 Å². The number of likely N-dealkylation sites (tertiary alicyclic amines) is 2. The summed E-state index contributed by atoms with van der Waals surface area (Å²) < 4.78 is 622. The third-order valence-electron chi connectivity index (χ3n) is 14.4. The summed E-state index contributed by atoms with van der Waals surface area (Å²) >= 11 is -0.702. The van der Waals surface area contributed by atoms with Gasteiger partial charge in [0.05, 0.1) is 92.5 Å². The van der Waals surface area contributed by atoms with E-state index in [0.717, 1.165) is 73.0 Å². The van der Waals surface area contributed by atoms with Gasteiger partial charge in [-0.25, -0.2) is 17.6 Å². The molecule has 4 heterocycles. The lowest BCUT2D eigenvalue weighted by Crippen LogP contribution is -2.49. The molecule has 12 rings (SSSR count). The van der Waals surface area contributed by atoms with Crippen LogP contribution >= 0.6 is 23.5 Å². The van der Waals surface area contributed by atoms with Crippen LogP contribution in [0.15, 0.2) is 207 Å². The number of carbonyl (C=O) groups excluding carboxylic acids is 2. The highest BCUT2D eigenvalue weighted by atomic mass is 32.2. The minimum atomic E-state index is -5.64. The topological polar surface area (TPSA) is 110 Å². The number of piperidine rings is 2. The van der Waals surface area contributed by atoms with E-state index < -0.39 is 387 Å². The second-order valence-electron chi connectivity index (χ2n) is 21.2. The number of hydrogen-bond acceptors (Lipinski definition) is 10. The Balaban J connectivity index is 0.000000307. The summed E-state index contributed by atoms with van der Waals surface area (Å²) in [5, 5.41) is -3.55. The third-order valence-corrected chi connectivity index (χ3v) is 16.1. The Hall–Kier alpha value is -9.04. The number of fused-ring (bicyclic) bond motifs is 2. The van der Waals surface area contributed by atoms with E-state index >= 15 is 22.8 Å². The van der Waals surface area contributed by atoms with Gasteiger partial charge in [0.25, 0.3) is 0 Å². The number of halogens is 10. The molecular weight excluding hydrogens is 1420 g/mol. The first-order chi connectivity index (χ1) is 71.8. The fourth-order valence-corrected chi connectivity index (χ4v) is 11.0. The standard InChI is InChI=1S/2C41H40F5N3O3S/c1-27(28-10-12-29(13-11-28)30-14-16-32(17-15-30)41(44,45)46)49(33-18-20-47(21-19-33)22-23-52-2)38(51)25-48-36-9-4-3-7-34(36)37(50)24-39(48)53-26-31-6-5-8-35(42)40(31)43;1-27-6-15-36-34(22-27)37(50)23-39(53-26-31-4-3-5-35(42)40(31)43)49(36)25-38(51)48(33-16-18-47(19-17-33)20-21-52-2)24-28-7-9-29(10-8-28)30-11-13-32(14-12-30)41(44,45)46/h3-17,24,27,33H,18-23,25-26H2,1-2H3;3-15,22-23,33H,16-21,24-26H2,1-2H3/i2D3,18D2,19D2,20D2,21D2,22D2,23D2,26D2,27D,33D;2D3,3D,4D,5D,6D,7D,8D,9D,10D,11D,12D,13D,14D,15D,16D2,17D2,18D2,19D2,20D2,21D2,22D,23D,24D2,26D2,33D. The summed E-state index contributed by atoms with van der Waals surface area (Å²) in [5.41, 5.74) is -22.9. The van der Waals surface area contributed by atoms with Gasteiger partial charge in [0, 0.05) is 150 Å². The Labute approximate surface area is 692 Å². The van der Waals surface area contributed by atoms with Crippen LogP contribution in [-0.2, 0) is 62.4 Å². The van der Waals surface area contributed by atoms with Crippen molar-refractivity contribution >= 4 is 57.1 Å². The summed E-state index contributed by atoms with van der Waals surface area (Å²) in [6.07, 6.45) is -30.1. The lowest BCUT2D eigenvalue weighted by Gasteiger charge is -2.42. The van der Waals surface area contributed by atoms with Crippen LogP contribution in [0.3, 0.4) is 0 Å². The molecule has 0 spiro atoms. The largest absolute Gasteiger partial charge is 0.416 e. The van der Waals surface area contributed by atoms with Crippen molar-refractivity contribution < 1.29 is 137 Å². The number of thioether (sulfide) groups is 2. The second-order valence-corrected chi connectivity index (χ2v) is 22.8. The Bertz CT molecular complexity index is 7570. The predicted octanol–water partition coefficient (Wildman–Crippen LogP) is 17.7. The molecule has 2 aliphatic heterocycles. The molecule has 8 aromatic carbocycles. The van der Waals surface area contributed by atoms with Crippen molar-refractivity contribution in [2.24, 2.45) is 0 Å². The van der Waals surface area contributed by atoms with E-state index in [2.05, 4.69) is 9.47 Å². The van der Waals surface area contributed by atoms with Crippen molar-refractivity contribution in [3.63, 3.8) is 0 Å². The van der Waals surface area contributed by atoms with E-state index in [0.29, 0.717) is 6.07 Å². The average Bonchev–Trinajstić information content (AvgIpc) is 0.652. The maximum absolute atomic E-state index is 16.0. The molecule has 2 aromatic heterocycles. The average molecular weight is 1550 g/mol. The first-order valence-electron chi connectivity index (χ1n) is 56.5. The molecule has 1 unspecified atom stereocenters. The van der Waals surface area contributed by atoms with Gasteiger partial charge in [-0.15, -0.1) is 23.5 Å². The number of benzene rings is 8. The molecule has 106 heavy (non-hydrogen) atoms. The zero-order valence-corrected chi connectivity index (χ0v) is 55.0. The maximum Gasteiger partial charge on any atom is 0.416 e. The number of amides is 2. The molecule has 2 fully saturated rings. The molecule has 2 amide bonds. The first kappa shape index (κ1) is 34.5. The Morgan fingerprint density at radius 2 is 1.17 bits per heavy atom. The Morgan fingerprint density at radius 3 is 1.80 bits per heavy atom. The maximum atomic E-state index is 16.0. The van der Waals surface area contributed by atoms with Gasteiger partial charge >= 0.3 is 12.4 Å². The van der Waals surface area contributed by atoms with E-state index in [4.69, 9.17) is 56.2 Å². The molecule has 0 N–H and O–H groups in total. The molecule has 24 heteroatoms. The van der Waals surface area contributed by atoms with Crippen LogP contribution in [0.4, 0.5) is 43.9 Å². The lowest BCUT2D eigenvalue weighted by atomic mass is 9.96. The van der Waals surface area contributed by atoms with E-state index in [1.165, 1.54) is 36.4 Å². The van der Waals surface area contributed by atoms with Crippen molar-refractivity contribution in [2.45, 2.75) is 111 Å². The number of rotatable bonds is 24. The van der Waals surface area contributed by atoms with Crippen molar-refractivity contribution in [3.05, 3.63) is 270 Å². The van der Waals surface area contributed by atoms with Crippen molar-refractivity contribution in [2.75, 3.05) is 66.2 Å². The quantitative estimate of drug-likeness (QED) is 0.0428. The smallest absolute Gasteiger partial charge is 0.383 e. The number of ether oxygens (including phenoxy) is 2. The second kappa shape index (κ2) is 35.1. The fraction of sp³-hybridized carbons (Fsp3) is 0.317. The van der Waals surface area contributed by atoms with Gasteiger partial charge in [-0.3, -0.25) is 19.2 Å². The SMILES string of the molecule is [2H]C([2H])([2H])OC([2H])([2H])C([2H])([2H])N1C([2H])([2H])C([2H])([2H])C([2H])(N(C(=O)Cn2c(SC([2H])([2H])c3cccc(F)c3F)cc(=O)c3ccccc32)C([2H])(C)c2ccc(-c3ccc(C(F)(F)F)cc3)cc2)C([2H])([2H])C1([2H])[2H].[2H]c1c([2H])c(F)c(F)c(C([2H])([2H])Sc2c([2H])c(=O)c3c([2H])c(C)c([2H])c([2H])c3n2CC(=O)N(C([2H])([2H])c2c([2H])c([2H])c(-c3c([2H])c([2H])c(C(F)(F)F)c([2H])c3[2H])c([2H])c2[2H])C2([2H])C([2H])([2H])C([2H])([2H])N(C([2H])([2H])C([2H])([2H])OC([2H])([2H])[2H])C([2H])([2H])C2([2H])[2H])c1[2H]. The monoisotopic (exact) mass is 1550 g/mol. The third kappa shape index (κ3) is 19.2. The fourth-order valence-electron chi connectivity index (χ4n) is 9.43. The molecule has 0 radical (unpaired) electrons. The van der Waals surface area contributed by atoms with Crippen LogP contribution in [0.25, 0.3) is 44.1 Å². The van der Waals surface area contributed by atoms with Crippen LogP contribution in [0, 0.1) is 30.2 Å². The van der Waals surface area contributed by atoms with Gasteiger partial charge in [-0.2, -0.15) is 26.3 Å². The first-order valence-corrected chi connectivity index (χ1v) is 31.2. The summed E-state index contributed by atoms with van der Waals surface area (Å²) in [4.78, 5) is 55.4. The van der Waals surface area contributed by atoms with E-state index in [9.17, 15) is 58.1 Å². The summed E-state index contributed by atoms with van der Waals surface area (Å²) in [7, 11) is -7.90. The van der Waals surface area contributed by atoms with Crippen LogP contribution in [0.1, 0.15) is 151 Å². The molecule has 0 bridgehead atoms. The van der Waals surface area contributed by atoms with Crippen molar-refractivity contribution in [3.8, 4) is 22.3 Å². The molecule has 0 saturated carbocycles. The van der Waals surface area contributed by atoms with Crippen LogP contribution in [0.2, 0.25) is 0 Å². The normalized spacial score (nSPS) is 27.8. The molecule has 556 valence electrons. The zero-order valence-electron chi connectivity index (χ0n) is 107. The Morgan fingerprint density at radius 1 is 0.604 bits per heavy atom. The number of para-hydroxylation sites is 1. The zero-order chi connectivity index (χ0) is 123. The highest BCUT2D eigenvalue weighted by Crippen LogP contribution is 2.37. The number of aromatic nitrogens is 2. The van der Waals surface area contributed by atoms with Gasteiger partial charge in [-0.05, 0) is 133 Å². The molecule has 2 saturated heterocycles. The summed E-state index contributed by atoms with van der Waals surface area (Å²) in [5.74, 6) is -12.3. The number of hydrogen-bond donors (Lipinski definition) is 0. The van der Waals surface area contributed by atoms with Crippen molar-refractivity contribution in [1.82, 2.24) is 28.7 Å². The number of nitrogens with zero attached hydrogens (tertiary/aromatic N) is 6. The van der Waals surface area contributed by atoms with Gasteiger partial charge in [-0.1, -0.05) is 121 Å². The van der Waals surface area contributed by atoms with E-state index in [1.807, 2.05) is 0 Å². The van der Waals surface area contributed by atoms with Gasteiger partial charge in [0.2, 0.25) is 11.8 Å². The molecule has 10 aromatic rings. The molecular formula is C82H80F10N6O6S2. The van der Waals surface area contributed by atoms with Crippen LogP contribution in [-0.4, -0.2) is 119 Å². The molecule has 1 atom stereocenters. The summed E-state index contributed by atoms with van der Waals surface area (Å²) in [6, 6.07) is -21.4. The van der Waals surface area contributed by atoms with Crippen molar-refractivity contribution in [1.29, 1.82) is 0 Å². The number of methoxy groups -OCH3 is 2. The minimum Gasteiger partial charge on any atom is -0.383 e. The van der Waals surface area contributed by atoms with Crippen LogP contribution in [0.5, 0.6) is 0 Å². The number of pyridine rings is 2. The molecule has 12 nitrogen and oxygen atoms in total. The summed E-state index contributed by atoms with van der Waals surface area (Å²) in [6.45, 7) is -44.9. The number of alkyl halides is 6. The van der Waals surface area contributed by atoms with Gasteiger partial charge in [0.1, 0.15) is 13.1 Å². The lowest BCUT2D eigenvalue weighted by molar-refractivity contribution is -0.138.